The van der Waals surface area contributed by atoms with Gasteiger partial charge in [0.1, 0.15) is 16.0 Å². The van der Waals surface area contributed by atoms with Crippen molar-refractivity contribution in [1.82, 2.24) is 0 Å². The number of methoxy groups -OCH3 is 2. The van der Waals surface area contributed by atoms with Crippen LogP contribution in [-0.2, 0) is 5.54 Å². The van der Waals surface area contributed by atoms with E-state index in [1.807, 2.05) is 12.1 Å². The van der Waals surface area contributed by atoms with Crippen LogP contribution in [-0.4, -0.2) is 14.2 Å². The van der Waals surface area contributed by atoms with E-state index >= 15 is 0 Å². The minimum atomic E-state index is -0.193. The fraction of sp³-hybridized carbons (Fsp3) is 0.500. The number of halogens is 1. The summed E-state index contributed by atoms with van der Waals surface area (Å²) in [6.45, 7) is 0. The second kappa shape index (κ2) is 4.26. The Bertz CT molecular complexity index is 377. The number of nitrogens with two attached hydrogens (primary N) is 1. The highest BCUT2D eigenvalue weighted by Crippen LogP contribution is 2.44. The Morgan fingerprint density at radius 3 is 2.00 bits per heavy atom. The first-order valence-corrected chi connectivity index (χ1v) is 6.11. The molecule has 0 unspecified atom stereocenters. The summed E-state index contributed by atoms with van der Waals surface area (Å²) in [7, 11) is 3.29. The van der Waals surface area contributed by atoms with Crippen molar-refractivity contribution in [3.8, 4) is 11.5 Å². The molecule has 1 aliphatic rings. The van der Waals surface area contributed by atoms with Gasteiger partial charge in [0.25, 0.3) is 0 Å². The molecule has 1 saturated carbocycles. The molecule has 2 rings (SSSR count). The van der Waals surface area contributed by atoms with Gasteiger partial charge in [0.15, 0.2) is 0 Å². The van der Waals surface area contributed by atoms with Gasteiger partial charge in [-0.15, -0.1) is 0 Å². The van der Waals surface area contributed by atoms with E-state index in [1.165, 1.54) is 6.42 Å². The maximum Gasteiger partial charge on any atom is 0.137 e. The maximum atomic E-state index is 6.29. The quantitative estimate of drug-likeness (QED) is 0.929. The standard InChI is InChI=1S/C12H16BrNO2/c1-15-9-6-8(12(14)4-3-5-12)7-10(16-2)11(9)13/h6-7H,3-5,14H2,1-2H3. The number of rotatable bonds is 3. The molecule has 0 radical (unpaired) electrons. The molecule has 3 nitrogen and oxygen atoms in total. The van der Waals surface area contributed by atoms with Crippen molar-refractivity contribution in [3.63, 3.8) is 0 Å². The summed E-state index contributed by atoms with van der Waals surface area (Å²) >= 11 is 3.45. The van der Waals surface area contributed by atoms with Crippen LogP contribution in [0.25, 0.3) is 0 Å². The third kappa shape index (κ3) is 1.80. The Morgan fingerprint density at radius 2 is 1.69 bits per heavy atom. The van der Waals surface area contributed by atoms with Crippen LogP contribution < -0.4 is 15.2 Å². The summed E-state index contributed by atoms with van der Waals surface area (Å²) in [5.74, 6) is 1.54. The van der Waals surface area contributed by atoms with Crippen LogP contribution in [0.2, 0.25) is 0 Å². The smallest absolute Gasteiger partial charge is 0.137 e. The third-order valence-electron chi connectivity index (χ3n) is 3.27. The fourth-order valence-corrected chi connectivity index (χ4v) is 2.56. The second-order valence-electron chi connectivity index (χ2n) is 4.20. The van der Waals surface area contributed by atoms with Gasteiger partial charge in [-0.3, -0.25) is 0 Å². The Morgan fingerprint density at radius 1 is 1.19 bits per heavy atom. The van der Waals surface area contributed by atoms with E-state index in [9.17, 15) is 0 Å². The molecular weight excluding hydrogens is 270 g/mol. The molecule has 1 fully saturated rings. The highest BCUT2D eigenvalue weighted by molar-refractivity contribution is 9.10. The average Bonchev–Trinajstić information content (AvgIpc) is 2.26. The van der Waals surface area contributed by atoms with Gasteiger partial charge in [-0.05, 0) is 52.9 Å². The molecule has 1 aromatic rings. The number of benzene rings is 1. The minimum Gasteiger partial charge on any atom is -0.495 e. The lowest BCUT2D eigenvalue weighted by Gasteiger charge is -2.39. The SMILES string of the molecule is COc1cc(C2(N)CCC2)cc(OC)c1Br. The molecule has 0 heterocycles. The van der Waals surface area contributed by atoms with Crippen molar-refractivity contribution >= 4 is 15.9 Å². The zero-order valence-corrected chi connectivity index (χ0v) is 11.1. The van der Waals surface area contributed by atoms with Gasteiger partial charge in [-0.25, -0.2) is 0 Å². The lowest BCUT2D eigenvalue weighted by Crippen LogP contribution is -2.43. The Hall–Kier alpha value is -0.740. The first-order chi connectivity index (χ1) is 7.60. The fourth-order valence-electron chi connectivity index (χ4n) is 2.00. The lowest BCUT2D eigenvalue weighted by atomic mass is 9.73. The predicted molar refractivity (Wildman–Crippen MR) is 67.0 cm³/mol. The summed E-state index contributed by atoms with van der Waals surface area (Å²) in [5.41, 5.74) is 7.19. The van der Waals surface area contributed by atoms with E-state index < -0.39 is 0 Å². The van der Waals surface area contributed by atoms with E-state index in [0.29, 0.717) is 0 Å². The molecule has 0 aliphatic heterocycles. The zero-order valence-electron chi connectivity index (χ0n) is 9.55. The number of hydrogen-bond acceptors (Lipinski definition) is 3. The molecule has 0 bridgehead atoms. The maximum absolute atomic E-state index is 6.29. The largest absolute Gasteiger partial charge is 0.495 e. The van der Waals surface area contributed by atoms with E-state index in [4.69, 9.17) is 15.2 Å². The molecular formula is C12H16BrNO2. The van der Waals surface area contributed by atoms with Crippen LogP contribution >= 0.6 is 15.9 Å². The molecule has 1 aromatic carbocycles. The number of hydrogen-bond donors (Lipinski definition) is 1. The van der Waals surface area contributed by atoms with Gasteiger partial charge < -0.3 is 15.2 Å². The molecule has 88 valence electrons. The van der Waals surface area contributed by atoms with Crippen molar-refractivity contribution in [2.45, 2.75) is 24.8 Å². The van der Waals surface area contributed by atoms with Crippen molar-refractivity contribution < 1.29 is 9.47 Å². The first kappa shape index (κ1) is 11.7. The molecule has 1 aliphatic carbocycles. The molecule has 0 aromatic heterocycles. The highest BCUT2D eigenvalue weighted by Gasteiger charge is 2.35. The summed E-state index contributed by atoms with van der Waals surface area (Å²) < 4.78 is 11.5. The molecule has 0 saturated heterocycles. The third-order valence-corrected chi connectivity index (χ3v) is 4.05. The molecule has 0 atom stereocenters. The molecule has 0 amide bonds. The van der Waals surface area contributed by atoms with Crippen molar-refractivity contribution in [1.29, 1.82) is 0 Å². The van der Waals surface area contributed by atoms with Gasteiger partial charge in [0, 0.05) is 5.54 Å². The predicted octanol–water partition coefficient (Wildman–Crippen LogP) is 2.80. The average molecular weight is 286 g/mol. The van der Waals surface area contributed by atoms with Crippen LogP contribution in [0.15, 0.2) is 16.6 Å². The van der Waals surface area contributed by atoms with E-state index in [-0.39, 0.29) is 5.54 Å². The lowest BCUT2D eigenvalue weighted by molar-refractivity contribution is 0.251. The van der Waals surface area contributed by atoms with Crippen molar-refractivity contribution in [2.75, 3.05) is 14.2 Å². The molecule has 4 heteroatoms. The van der Waals surface area contributed by atoms with Gasteiger partial charge in [0.2, 0.25) is 0 Å². The van der Waals surface area contributed by atoms with Gasteiger partial charge in [-0.1, -0.05) is 0 Å². The van der Waals surface area contributed by atoms with Gasteiger partial charge in [-0.2, -0.15) is 0 Å². The van der Waals surface area contributed by atoms with E-state index in [0.717, 1.165) is 34.4 Å². The zero-order chi connectivity index (χ0) is 11.8. The minimum absolute atomic E-state index is 0.193. The molecule has 0 spiro atoms. The van der Waals surface area contributed by atoms with Crippen molar-refractivity contribution in [3.05, 3.63) is 22.2 Å². The highest BCUT2D eigenvalue weighted by atomic mass is 79.9. The van der Waals surface area contributed by atoms with E-state index in [2.05, 4.69) is 15.9 Å². The van der Waals surface area contributed by atoms with Crippen LogP contribution in [0.5, 0.6) is 11.5 Å². The van der Waals surface area contributed by atoms with Crippen LogP contribution in [0.3, 0.4) is 0 Å². The summed E-state index contributed by atoms with van der Waals surface area (Å²) in [4.78, 5) is 0. The summed E-state index contributed by atoms with van der Waals surface area (Å²) in [6.07, 6.45) is 3.25. The van der Waals surface area contributed by atoms with Crippen LogP contribution in [0, 0.1) is 0 Å². The number of ether oxygens (including phenoxy) is 2. The van der Waals surface area contributed by atoms with Crippen LogP contribution in [0.1, 0.15) is 24.8 Å². The van der Waals surface area contributed by atoms with Gasteiger partial charge >= 0.3 is 0 Å². The monoisotopic (exact) mass is 285 g/mol. The molecule has 16 heavy (non-hydrogen) atoms. The normalized spacial score (nSPS) is 17.8. The second-order valence-corrected chi connectivity index (χ2v) is 5.00. The van der Waals surface area contributed by atoms with Crippen molar-refractivity contribution in [2.24, 2.45) is 5.73 Å². The Kier molecular flexibility index (Phi) is 3.13. The summed E-state index contributed by atoms with van der Waals surface area (Å²) in [5, 5.41) is 0. The van der Waals surface area contributed by atoms with Crippen LogP contribution in [0.4, 0.5) is 0 Å². The van der Waals surface area contributed by atoms with Gasteiger partial charge in [0.05, 0.1) is 14.2 Å². The Labute approximate surface area is 104 Å². The Balaban J connectivity index is 2.46. The summed E-state index contributed by atoms with van der Waals surface area (Å²) in [6, 6.07) is 3.98. The van der Waals surface area contributed by atoms with E-state index in [1.54, 1.807) is 14.2 Å². The first-order valence-electron chi connectivity index (χ1n) is 5.31. The molecule has 2 N–H and O–H groups in total. The topological polar surface area (TPSA) is 44.5 Å².